The molecule has 0 fully saturated rings. The molecule has 0 aliphatic heterocycles. The van der Waals surface area contributed by atoms with Gasteiger partial charge in [0.1, 0.15) is 5.75 Å². The Hall–Kier alpha value is -1.16. The Bertz CT molecular complexity index is 401. The molecule has 0 aliphatic rings. The molecule has 0 saturated heterocycles. The van der Waals surface area contributed by atoms with E-state index in [0.29, 0.717) is 17.7 Å². The summed E-state index contributed by atoms with van der Waals surface area (Å²) in [5.74, 6) is 0.123. The van der Waals surface area contributed by atoms with Crippen molar-refractivity contribution < 1.29 is 14.3 Å². The number of carbonyl (C=O) groups excluding carboxylic acids is 2. The van der Waals surface area contributed by atoms with Crippen molar-refractivity contribution in [3.05, 3.63) is 29.8 Å². The summed E-state index contributed by atoms with van der Waals surface area (Å²) in [6.07, 6.45) is 2.37. The largest absolute Gasteiger partial charge is 0.427 e. The second-order valence-corrected chi connectivity index (χ2v) is 4.48. The average Bonchev–Trinajstić information content (AvgIpc) is 2.28. The van der Waals surface area contributed by atoms with E-state index in [1.165, 1.54) is 6.92 Å². The molecule has 0 aromatic heterocycles. The molecule has 0 radical (unpaired) electrons. The van der Waals surface area contributed by atoms with Crippen LogP contribution in [0.15, 0.2) is 24.3 Å². The first-order valence-electron chi connectivity index (χ1n) is 5.51. The number of alkyl halides is 1. The maximum Gasteiger partial charge on any atom is 0.308 e. The maximum absolute atomic E-state index is 11.8. The van der Waals surface area contributed by atoms with Gasteiger partial charge in [-0.2, -0.15) is 0 Å². The van der Waals surface area contributed by atoms with Gasteiger partial charge in [0.25, 0.3) is 0 Å². The number of Topliss-reactive ketones (excluding diaryl/α,β-unsaturated/α-hetero) is 1. The number of halogens is 1. The molecular weight excluding hydrogens is 284 g/mol. The van der Waals surface area contributed by atoms with Crippen LogP contribution < -0.4 is 4.74 Å². The minimum Gasteiger partial charge on any atom is -0.427 e. The van der Waals surface area contributed by atoms with Crippen LogP contribution in [0.1, 0.15) is 36.5 Å². The lowest BCUT2D eigenvalue weighted by Crippen LogP contribution is -2.03. The van der Waals surface area contributed by atoms with Crippen LogP contribution in [0.4, 0.5) is 0 Å². The second-order valence-electron chi connectivity index (χ2n) is 3.69. The van der Waals surface area contributed by atoms with Crippen LogP contribution >= 0.6 is 15.9 Å². The Kier molecular flexibility index (Phi) is 5.91. The molecule has 3 nitrogen and oxygen atoms in total. The van der Waals surface area contributed by atoms with Gasteiger partial charge in [0, 0.05) is 24.2 Å². The third-order valence-electron chi connectivity index (χ3n) is 2.21. The Morgan fingerprint density at radius 3 is 2.71 bits per heavy atom. The topological polar surface area (TPSA) is 43.4 Å². The number of hydrogen-bond acceptors (Lipinski definition) is 3. The highest BCUT2D eigenvalue weighted by Crippen LogP contribution is 2.16. The fraction of sp³-hybridized carbons (Fsp3) is 0.385. The Labute approximate surface area is 109 Å². The van der Waals surface area contributed by atoms with Gasteiger partial charge in [-0.1, -0.05) is 28.1 Å². The van der Waals surface area contributed by atoms with Crippen molar-refractivity contribution in [3.8, 4) is 5.75 Å². The SMILES string of the molecule is CC(=O)Oc1cccc(C(=O)CCCCBr)c1. The van der Waals surface area contributed by atoms with Crippen molar-refractivity contribution in [2.24, 2.45) is 0 Å². The minimum atomic E-state index is -0.381. The van der Waals surface area contributed by atoms with Crippen LogP contribution in [0.5, 0.6) is 5.75 Å². The van der Waals surface area contributed by atoms with Crippen LogP contribution in [-0.2, 0) is 4.79 Å². The lowest BCUT2D eigenvalue weighted by Gasteiger charge is -2.04. The van der Waals surface area contributed by atoms with Gasteiger partial charge in [-0.15, -0.1) is 0 Å². The summed E-state index contributed by atoms with van der Waals surface area (Å²) in [5, 5.41) is 0.910. The third-order valence-corrected chi connectivity index (χ3v) is 2.77. The van der Waals surface area contributed by atoms with E-state index in [1.807, 2.05) is 0 Å². The number of ketones is 1. The molecule has 0 amide bonds. The molecular formula is C13H15BrO3. The molecule has 4 heteroatoms. The maximum atomic E-state index is 11.8. The molecule has 0 aliphatic carbocycles. The first-order chi connectivity index (χ1) is 8.13. The van der Waals surface area contributed by atoms with Gasteiger partial charge >= 0.3 is 5.97 Å². The quantitative estimate of drug-likeness (QED) is 0.266. The first kappa shape index (κ1) is 13.9. The number of benzene rings is 1. The Balaban J connectivity index is 2.63. The van der Waals surface area contributed by atoms with Crippen molar-refractivity contribution in [2.75, 3.05) is 5.33 Å². The molecule has 0 spiro atoms. The van der Waals surface area contributed by atoms with Gasteiger partial charge in [-0.3, -0.25) is 9.59 Å². The van der Waals surface area contributed by atoms with E-state index in [2.05, 4.69) is 15.9 Å². The molecule has 0 atom stereocenters. The van der Waals surface area contributed by atoms with Crippen molar-refractivity contribution in [1.29, 1.82) is 0 Å². The van der Waals surface area contributed by atoms with Crippen LogP contribution in [0.2, 0.25) is 0 Å². The second kappa shape index (κ2) is 7.22. The lowest BCUT2D eigenvalue weighted by atomic mass is 10.1. The van der Waals surface area contributed by atoms with E-state index >= 15 is 0 Å². The molecule has 0 unspecified atom stereocenters. The van der Waals surface area contributed by atoms with E-state index in [1.54, 1.807) is 24.3 Å². The number of carbonyl (C=O) groups is 2. The van der Waals surface area contributed by atoms with E-state index in [9.17, 15) is 9.59 Å². The number of esters is 1. The fourth-order valence-electron chi connectivity index (χ4n) is 1.42. The molecule has 1 aromatic rings. The number of rotatable bonds is 6. The summed E-state index contributed by atoms with van der Waals surface area (Å²) in [4.78, 5) is 22.6. The molecule has 1 aromatic carbocycles. The first-order valence-corrected chi connectivity index (χ1v) is 6.63. The number of unbranched alkanes of at least 4 members (excludes halogenated alkanes) is 1. The van der Waals surface area contributed by atoms with E-state index in [0.717, 1.165) is 18.2 Å². The fourth-order valence-corrected chi connectivity index (χ4v) is 1.82. The van der Waals surface area contributed by atoms with E-state index in [4.69, 9.17) is 4.74 Å². The molecule has 0 N–H and O–H groups in total. The van der Waals surface area contributed by atoms with Gasteiger partial charge in [-0.05, 0) is 25.0 Å². The summed E-state index contributed by atoms with van der Waals surface area (Å²) >= 11 is 3.33. The van der Waals surface area contributed by atoms with Gasteiger partial charge in [0.2, 0.25) is 0 Å². The van der Waals surface area contributed by atoms with Crippen molar-refractivity contribution in [1.82, 2.24) is 0 Å². The summed E-state index contributed by atoms with van der Waals surface area (Å²) in [6, 6.07) is 6.73. The van der Waals surface area contributed by atoms with Crippen LogP contribution in [0.25, 0.3) is 0 Å². The number of ether oxygens (including phenoxy) is 1. The third kappa shape index (κ3) is 5.13. The molecule has 0 bridgehead atoms. The highest BCUT2D eigenvalue weighted by atomic mass is 79.9. The normalized spacial score (nSPS) is 10.0. The zero-order valence-corrected chi connectivity index (χ0v) is 11.3. The Morgan fingerprint density at radius 2 is 2.06 bits per heavy atom. The average molecular weight is 299 g/mol. The van der Waals surface area contributed by atoms with Crippen LogP contribution in [0.3, 0.4) is 0 Å². The van der Waals surface area contributed by atoms with Gasteiger partial charge in [0.05, 0.1) is 0 Å². The number of hydrogen-bond donors (Lipinski definition) is 0. The molecule has 1 rings (SSSR count). The zero-order valence-electron chi connectivity index (χ0n) is 9.74. The molecule has 17 heavy (non-hydrogen) atoms. The zero-order chi connectivity index (χ0) is 12.7. The summed E-state index contributed by atoms with van der Waals surface area (Å²) in [7, 11) is 0. The smallest absolute Gasteiger partial charge is 0.308 e. The van der Waals surface area contributed by atoms with Crippen LogP contribution in [0, 0.1) is 0 Å². The molecule has 0 saturated carbocycles. The predicted molar refractivity (Wildman–Crippen MR) is 69.7 cm³/mol. The highest BCUT2D eigenvalue weighted by Gasteiger charge is 2.07. The van der Waals surface area contributed by atoms with Crippen molar-refractivity contribution in [3.63, 3.8) is 0 Å². The molecule has 92 valence electrons. The van der Waals surface area contributed by atoms with Gasteiger partial charge in [-0.25, -0.2) is 0 Å². The standard InChI is InChI=1S/C13H15BrO3/c1-10(15)17-12-6-4-5-11(9-12)13(16)7-2-3-8-14/h4-6,9H,2-3,7-8H2,1H3. The monoisotopic (exact) mass is 298 g/mol. The lowest BCUT2D eigenvalue weighted by molar-refractivity contribution is -0.131. The highest BCUT2D eigenvalue weighted by molar-refractivity contribution is 9.09. The van der Waals surface area contributed by atoms with E-state index < -0.39 is 0 Å². The van der Waals surface area contributed by atoms with Crippen molar-refractivity contribution in [2.45, 2.75) is 26.2 Å². The summed E-state index contributed by atoms with van der Waals surface area (Å²) < 4.78 is 4.93. The van der Waals surface area contributed by atoms with Crippen LogP contribution in [-0.4, -0.2) is 17.1 Å². The minimum absolute atomic E-state index is 0.0833. The summed E-state index contributed by atoms with van der Waals surface area (Å²) in [5.41, 5.74) is 0.596. The van der Waals surface area contributed by atoms with Gasteiger partial charge in [0.15, 0.2) is 5.78 Å². The van der Waals surface area contributed by atoms with E-state index in [-0.39, 0.29) is 11.8 Å². The predicted octanol–water partition coefficient (Wildman–Crippen LogP) is 3.36. The molecule has 0 heterocycles. The van der Waals surface area contributed by atoms with Crippen molar-refractivity contribution >= 4 is 27.7 Å². The van der Waals surface area contributed by atoms with Gasteiger partial charge < -0.3 is 4.74 Å². The Morgan fingerprint density at radius 1 is 1.29 bits per heavy atom. The summed E-state index contributed by atoms with van der Waals surface area (Å²) in [6.45, 7) is 1.34.